The van der Waals surface area contributed by atoms with Crippen LogP contribution in [0.1, 0.15) is 97.3 Å². The number of likely N-dealkylation sites (N-methyl/N-ethyl adjacent to an activating group) is 1. The number of carbonyl (C=O) groups is 15. The molecule has 0 radical (unpaired) electrons. The summed E-state index contributed by atoms with van der Waals surface area (Å²) in [5, 5.41) is 67.6. The second-order valence-electron chi connectivity index (χ2n) is 18.7. The number of ether oxygens (including phenoxy) is 1. The molecule has 80 heavy (non-hydrogen) atoms. The number of rotatable bonds is 40. The molecule has 0 bridgehead atoms. The molecule has 1 saturated heterocycles. The van der Waals surface area contributed by atoms with E-state index in [1.54, 1.807) is 6.26 Å². The Morgan fingerprint density at radius 1 is 0.562 bits per heavy atom. The first-order valence-corrected chi connectivity index (χ1v) is 26.8. The molecule has 1 fully saturated rings. The quantitative estimate of drug-likeness (QED) is 0.0255. The number of likely N-dealkylation sites (tertiary alicyclic amines) is 1. The summed E-state index contributed by atoms with van der Waals surface area (Å²) in [6.45, 7) is 2.02. The molecule has 1 aliphatic rings. The van der Waals surface area contributed by atoms with Gasteiger partial charge in [-0.1, -0.05) is 13.8 Å². The molecule has 0 aromatic carbocycles. The van der Waals surface area contributed by atoms with Crippen molar-refractivity contribution in [3.05, 3.63) is 0 Å². The van der Waals surface area contributed by atoms with Crippen LogP contribution in [0.4, 0.5) is 0 Å². The first-order chi connectivity index (χ1) is 37.6. The molecule has 1 aliphatic heterocycles. The monoisotopic (exact) mass is 1160 g/mol. The van der Waals surface area contributed by atoms with Gasteiger partial charge in [0.15, 0.2) is 0 Å². The minimum absolute atomic E-state index is 0.0938. The van der Waals surface area contributed by atoms with E-state index in [0.717, 1.165) is 0 Å². The van der Waals surface area contributed by atoms with Gasteiger partial charge >= 0.3 is 29.8 Å². The number of nitrogens with two attached hydrogens (primary N) is 1. The first kappa shape index (κ1) is 70.3. The van der Waals surface area contributed by atoms with Gasteiger partial charge in [0, 0.05) is 58.0 Å². The Labute approximate surface area is 463 Å². The van der Waals surface area contributed by atoms with Crippen LogP contribution < -0.4 is 53.6 Å². The van der Waals surface area contributed by atoms with Crippen molar-refractivity contribution in [2.75, 3.05) is 51.9 Å². The van der Waals surface area contributed by atoms with Crippen LogP contribution in [-0.2, 0) is 76.7 Å². The molecule has 32 nitrogen and oxygen atoms in total. The lowest BCUT2D eigenvalue weighted by atomic mass is 10.0. The van der Waals surface area contributed by atoms with Gasteiger partial charge in [-0.3, -0.25) is 71.9 Å². The highest BCUT2D eigenvalue weighted by Gasteiger charge is 2.37. The SMILES string of the molecule is CNC(=O)[C@H](CSC)NC(=O)CNC(=O)[C@H](CC(C)C)NC(=O)[C@@H]1CCCN1C(=O)COCCNC(=O)[C@@H](CCC(=O)O)NC(=O)[C@@H](CCC(=O)O)NC(=O)[C@@H](CCC(=O)O)NC(=O)[C@@H](CCC(=O)O)NC(=O)[C@H](N)CCC(=O)O. The van der Waals surface area contributed by atoms with Crippen molar-refractivity contribution in [3.8, 4) is 0 Å². The number of carbonyl (C=O) groups excluding carboxylic acids is 10. The normalized spacial score (nSPS) is 15.4. The Hall–Kier alpha value is -7.68. The highest BCUT2D eigenvalue weighted by molar-refractivity contribution is 7.98. The van der Waals surface area contributed by atoms with E-state index in [9.17, 15) is 92.3 Å². The third kappa shape index (κ3) is 28.3. The summed E-state index contributed by atoms with van der Waals surface area (Å²) in [4.78, 5) is 190. The molecule has 1 rings (SSSR count). The van der Waals surface area contributed by atoms with Gasteiger partial charge in [0.2, 0.25) is 59.1 Å². The van der Waals surface area contributed by atoms with E-state index < -0.39 is 208 Å². The molecule has 1 heterocycles. The third-order valence-corrected chi connectivity index (χ3v) is 12.4. The van der Waals surface area contributed by atoms with E-state index >= 15 is 0 Å². The maximum Gasteiger partial charge on any atom is 0.303 e. The number of aliphatic carboxylic acids is 5. The van der Waals surface area contributed by atoms with Crippen LogP contribution >= 0.6 is 11.8 Å². The fourth-order valence-electron chi connectivity index (χ4n) is 7.63. The highest BCUT2D eigenvalue weighted by atomic mass is 32.2. The zero-order valence-electron chi connectivity index (χ0n) is 44.8. The summed E-state index contributed by atoms with van der Waals surface area (Å²) in [7, 11) is 1.41. The van der Waals surface area contributed by atoms with Gasteiger partial charge in [0.25, 0.3) is 0 Å². The molecule has 33 heteroatoms. The van der Waals surface area contributed by atoms with Crippen LogP contribution in [-0.4, -0.2) is 220 Å². The minimum Gasteiger partial charge on any atom is -0.481 e. The molecule has 16 N–H and O–H groups in total. The smallest absolute Gasteiger partial charge is 0.303 e. The first-order valence-electron chi connectivity index (χ1n) is 25.4. The summed E-state index contributed by atoms with van der Waals surface area (Å²) in [6, 6.07) is -11.5. The minimum atomic E-state index is -1.86. The van der Waals surface area contributed by atoms with Gasteiger partial charge < -0.3 is 88.8 Å². The zero-order chi connectivity index (χ0) is 60.6. The standard InChI is InChI=1S/C47H75N11O21S/c1-24(2)20-30(43(74)51-21-33(59)52-31(23-80-4)41(72)49-3)57-47(78)32-6-5-18-58(32)34(60)22-79-19-17-50-42(73)26(8-13-36(63)64)54-45(76)28(10-15-38(67)68)56-46(77)29(11-16-39(69)70)55-44(75)27(9-14-37(65)66)53-40(71)25(48)7-12-35(61)62/h24-32H,5-23,48H2,1-4H3,(H,49,72)(H,50,73)(H,51,74)(H,52,59)(H,53,71)(H,54,76)(H,55,75)(H,56,77)(H,57,78)(H,61,62)(H,63,64)(H,65,66)(H,67,68)(H,69,70)/t25-,26-,27-,28-,29-,30+,31+,32+/m1/s1. The molecule has 10 amide bonds. The fraction of sp³-hybridized carbons (Fsp3) is 0.681. The van der Waals surface area contributed by atoms with Gasteiger partial charge in [-0.25, -0.2) is 0 Å². The number of hydrogen-bond acceptors (Lipinski definition) is 18. The Balaban J connectivity index is 3.10. The molecule has 0 aromatic heterocycles. The zero-order valence-corrected chi connectivity index (χ0v) is 45.6. The van der Waals surface area contributed by atoms with E-state index in [0.29, 0.717) is 6.42 Å². The van der Waals surface area contributed by atoms with Crippen LogP contribution in [0.25, 0.3) is 0 Å². The molecular formula is C47H75N11O21S. The largest absolute Gasteiger partial charge is 0.481 e. The van der Waals surface area contributed by atoms with Gasteiger partial charge in [0.05, 0.1) is 19.2 Å². The second kappa shape index (κ2) is 37.2. The predicted molar refractivity (Wildman–Crippen MR) is 277 cm³/mol. The second-order valence-corrected chi connectivity index (χ2v) is 19.6. The Morgan fingerprint density at radius 3 is 1.44 bits per heavy atom. The van der Waals surface area contributed by atoms with Crippen LogP contribution in [0.5, 0.6) is 0 Å². The topological polar surface area (TPSA) is 504 Å². The van der Waals surface area contributed by atoms with Gasteiger partial charge in [-0.15, -0.1) is 0 Å². The molecular weight excluding hydrogens is 1090 g/mol. The van der Waals surface area contributed by atoms with Gasteiger partial charge in [-0.05, 0) is 63.5 Å². The average molecular weight is 1160 g/mol. The van der Waals surface area contributed by atoms with Crippen LogP contribution in [0.2, 0.25) is 0 Å². The van der Waals surface area contributed by atoms with Crippen molar-refractivity contribution >= 4 is 101 Å². The maximum atomic E-state index is 13.7. The van der Waals surface area contributed by atoms with Crippen LogP contribution in [0.3, 0.4) is 0 Å². The predicted octanol–water partition coefficient (Wildman–Crippen LogP) is -5.06. The molecule has 0 saturated carbocycles. The van der Waals surface area contributed by atoms with Crippen molar-refractivity contribution in [1.82, 2.24) is 52.8 Å². The fourth-order valence-corrected chi connectivity index (χ4v) is 8.20. The Bertz CT molecular complexity index is 2220. The van der Waals surface area contributed by atoms with Crippen molar-refractivity contribution in [1.29, 1.82) is 0 Å². The van der Waals surface area contributed by atoms with E-state index in [1.165, 1.54) is 23.7 Å². The summed E-state index contributed by atoms with van der Waals surface area (Å²) < 4.78 is 5.45. The van der Waals surface area contributed by atoms with Crippen molar-refractivity contribution < 1.29 is 102 Å². The van der Waals surface area contributed by atoms with Crippen molar-refractivity contribution in [2.45, 2.75) is 146 Å². The van der Waals surface area contributed by atoms with Crippen molar-refractivity contribution in [2.24, 2.45) is 11.7 Å². The number of hydrogen-bond donors (Lipinski definition) is 15. The van der Waals surface area contributed by atoms with Gasteiger partial charge in [-0.2, -0.15) is 11.8 Å². The maximum absolute atomic E-state index is 13.7. The number of nitrogens with zero attached hydrogens (tertiary/aromatic N) is 1. The van der Waals surface area contributed by atoms with E-state index in [4.69, 9.17) is 15.6 Å². The molecule has 450 valence electrons. The number of nitrogens with one attached hydrogen (secondary N) is 9. The average Bonchev–Trinajstić information content (AvgIpc) is 3.89. The Kier molecular flexibility index (Phi) is 32.7. The summed E-state index contributed by atoms with van der Waals surface area (Å²) >= 11 is 1.33. The molecule has 0 spiro atoms. The number of carboxylic acids is 5. The lowest BCUT2D eigenvalue weighted by Gasteiger charge is -2.27. The van der Waals surface area contributed by atoms with Crippen LogP contribution in [0.15, 0.2) is 0 Å². The lowest BCUT2D eigenvalue weighted by Crippen LogP contribution is -2.59. The van der Waals surface area contributed by atoms with E-state index in [-0.39, 0.29) is 50.6 Å². The lowest BCUT2D eigenvalue weighted by molar-refractivity contribution is -0.142. The molecule has 0 aromatic rings. The number of amides is 10. The van der Waals surface area contributed by atoms with E-state index in [2.05, 4.69) is 47.9 Å². The van der Waals surface area contributed by atoms with E-state index in [1.807, 2.05) is 13.8 Å². The third-order valence-electron chi connectivity index (χ3n) is 11.8. The van der Waals surface area contributed by atoms with Crippen LogP contribution in [0, 0.1) is 5.92 Å². The molecule has 0 unspecified atom stereocenters. The summed E-state index contributed by atoms with van der Waals surface area (Å²) in [6.07, 6.45) is -3.89. The summed E-state index contributed by atoms with van der Waals surface area (Å²) in [5.74, 6) is -15.7. The van der Waals surface area contributed by atoms with Crippen molar-refractivity contribution in [3.63, 3.8) is 0 Å². The number of carboxylic acid groups (broad SMARTS) is 5. The molecule has 8 atom stereocenters. The summed E-state index contributed by atoms with van der Waals surface area (Å²) in [5.41, 5.74) is 5.71. The molecule has 0 aliphatic carbocycles. The number of thioether (sulfide) groups is 1. The van der Waals surface area contributed by atoms with Gasteiger partial charge in [0.1, 0.15) is 48.9 Å². The highest BCUT2D eigenvalue weighted by Crippen LogP contribution is 2.19. The Morgan fingerprint density at radius 2 is 1.00 bits per heavy atom.